The lowest BCUT2D eigenvalue weighted by molar-refractivity contribution is -0.136. The van der Waals surface area contributed by atoms with Crippen molar-refractivity contribution in [2.45, 2.75) is 40.0 Å². The normalized spacial score (nSPS) is 12.1. The minimum Gasteiger partial charge on any atom is -0.272 e. The van der Waals surface area contributed by atoms with Gasteiger partial charge in [-0.15, -0.1) is 0 Å². The lowest BCUT2D eigenvalue weighted by Gasteiger charge is -2.11. The van der Waals surface area contributed by atoms with Crippen molar-refractivity contribution in [3.05, 3.63) is 65.1 Å². The summed E-state index contributed by atoms with van der Waals surface area (Å²) in [6.07, 6.45) is -1.29. The molecule has 3 aromatic heterocycles. The highest BCUT2D eigenvalue weighted by molar-refractivity contribution is 5.85. The molecule has 0 atom stereocenters. The molecule has 0 N–H and O–H groups in total. The van der Waals surface area contributed by atoms with E-state index in [-0.39, 0.29) is 16.7 Å². The Balaban J connectivity index is 1.91. The highest BCUT2D eigenvalue weighted by atomic mass is 19.4. The second-order valence-electron chi connectivity index (χ2n) is 7.06. The van der Waals surface area contributed by atoms with Crippen LogP contribution in [-0.2, 0) is 19.3 Å². The fraction of sp³-hybridized carbons (Fsp3) is 0.286. The topological polar surface area (TPSA) is 48.5 Å². The fourth-order valence-electron chi connectivity index (χ4n) is 3.37. The van der Waals surface area contributed by atoms with Crippen molar-refractivity contribution in [2.24, 2.45) is 0 Å². The molecule has 4 rings (SSSR count). The number of hydrogen-bond donors (Lipinski definition) is 0. The number of rotatable bonds is 4. The number of nitrogens with zero attached hydrogens (tertiary/aromatic N) is 5. The molecule has 0 aliphatic rings. The van der Waals surface area contributed by atoms with Crippen molar-refractivity contribution >= 4 is 11.0 Å². The van der Waals surface area contributed by atoms with Crippen LogP contribution in [0.4, 0.5) is 13.2 Å². The summed E-state index contributed by atoms with van der Waals surface area (Å²) in [5, 5.41) is 8.57. The van der Waals surface area contributed by atoms with Crippen molar-refractivity contribution in [2.75, 3.05) is 0 Å². The number of aryl methyl sites for hydroxylation is 3. The molecule has 150 valence electrons. The van der Waals surface area contributed by atoms with Crippen LogP contribution >= 0.6 is 0 Å². The molecule has 0 fully saturated rings. The molecule has 5 nitrogen and oxygen atoms in total. The van der Waals surface area contributed by atoms with Gasteiger partial charge in [-0.1, -0.05) is 29.8 Å². The number of aromatic nitrogens is 5. The number of halogens is 3. The van der Waals surface area contributed by atoms with Crippen LogP contribution in [0.2, 0.25) is 0 Å². The smallest absolute Gasteiger partial charge is 0.272 e. The summed E-state index contributed by atoms with van der Waals surface area (Å²) in [4.78, 5) is 4.55. The number of hydrogen-bond acceptors (Lipinski definition) is 3. The van der Waals surface area contributed by atoms with Crippen LogP contribution < -0.4 is 0 Å². The zero-order valence-corrected chi connectivity index (χ0v) is 16.3. The van der Waals surface area contributed by atoms with Crippen LogP contribution in [0, 0.1) is 13.8 Å². The van der Waals surface area contributed by atoms with E-state index in [4.69, 9.17) is 0 Å². The number of alkyl halides is 3. The van der Waals surface area contributed by atoms with Gasteiger partial charge >= 0.3 is 6.18 Å². The Morgan fingerprint density at radius 3 is 2.41 bits per heavy atom. The third-order valence-electron chi connectivity index (χ3n) is 4.89. The second kappa shape index (κ2) is 7.02. The standard InChI is InChI=1S/C21H20F3N5/c1-4-28-12-16(10-25-28)18-9-17(21(22,23)24)19-14(3)27-29(20(19)26-18)11-15-7-5-13(2)6-8-15/h5-10,12H,4,11H2,1-3H3. The Morgan fingerprint density at radius 1 is 1.07 bits per heavy atom. The summed E-state index contributed by atoms with van der Waals surface area (Å²) in [5.74, 6) is 0. The molecule has 8 heteroatoms. The van der Waals surface area contributed by atoms with Crippen LogP contribution in [0.3, 0.4) is 0 Å². The predicted octanol–water partition coefficient (Wildman–Crippen LogP) is 5.00. The molecular formula is C21H20F3N5. The van der Waals surface area contributed by atoms with Gasteiger partial charge < -0.3 is 0 Å². The van der Waals surface area contributed by atoms with Crippen LogP contribution in [0.15, 0.2) is 42.7 Å². The summed E-state index contributed by atoms with van der Waals surface area (Å²) in [6.45, 7) is 6.44. The van der Waals surface area contributed by atoms with E-state index in [0.717, 1.165) is 17.2 Å². The van der Waals surface area contributed by atoms with E-state index in [2.05, 4.69) is 15.2 Å². The quantitative estimate of drug-likeness (QED) is 0.485. The Labute approximate surface area is 165 Å². The van der Waals surface area contributed by atoms with Crippen molar-refractivity contribution in [3.63, 3.8) is 0 Å². The maximum atomic E-state index is 13.9. The Hall–Kier alpha value is -3.16. The van der Waals surface area contributed by atoms with E-state index in [0.29, 0.717) is 24.3 Å². The lowest BCUT2D eigenvalue weighted by Crippen LogP contribution is -2.08. The average Bonchev–Trinajstić information content (AvgIpc) is 3.27. The Kier molecular flexibility index (Phi) is 4.64. The first-order valence-electron chi connectivity index (χ1n) is 9.30. The molecule has 3 heterocycles. The first kappa shape index (κ1) is 19.2. The van der Waals surface area contributed by atoms with E-state index in [1.807, 2.05) is 38.1 Å². The largest absolute Gasteiger partial charge is 0.417 e. The number of benzene rings is 1. The summed E-state index contributed by atoms with van der Waals surface area (Å²) < 4.78 is 44.8. The molecule has 29 heavy (non-hydrogen) atoms. The van der Waals surface area contributed by atoms with Crippen LogP contribution in [0.1, 0.15) is 29.3 Å². The van der Waals surface area contributed by atoms with Gasteiger partial charge in [0.1, 0.15) is 0 Å². The summed E-state index contributed by atoms with van der Waals surface area (Å²) in [7, 11) is 0. The molecule has 0 saturated heterocycles. The summed E-state index contributed by atoms with van der Waals surface area (Å²) in [5.41, 5.74) is 2.63. The van der Waals surface area contributed by atoms with Gasteiger partial charge in [0.2, 0.25) is 0 Å². The summed E-state index contributed by atoms with van der Waals surface area (Å²) in [6, 6.07) is 8.90. The van der Waals surface area contributed by atoms with E-state index < -0.39 is 11.7 Å². The zero-order valence-electron chi connectivity index (χ0n) is 16.3. The molecule has 0 amide bonds. The van der Waals surface area contributed by atoms with Crippen molar-refractivity contribution < 1.29 is 13.2 Å². The first-order valence-corrected chi connectivity index (χ1v) is 9.30. The van der Waals surface area contributed by atoms with Crippen molar-refractivity contribution in [1.29, 1.82) is 0 Å². The molecule has 4 aromatic rings. The monoisotopic (exact) mass is 399 g/mol. The van der Waals surface area contributed by atoms with Gasteiger partial charge in [-0.3, -0.25) is 4.68 Å². The van der Waals surface area contributed by atoms with Gasteiger partial charge in [0, 0.05) is 18.3 Å². The first-order chi connectivity index (χ1) is 13.8. The molecule has 0 saturated carbocycles. The number of pyridine rings is 1. The predicted molar refractivity (Wildman–Crippen MR) is 104 cm³/mol. The van der Waals surface area contributed by atoms with Gasteiger partial charge in [0.25, 0.3) is 0 Å². The SMILES string of the molecule is CCn1cc(-c2cc(C(F)(F)F)c3c(C)nn(Cc4ccc(C)cc4)c3n2)cn1. The van der Waals surface area contributed by atoms with E-state index >= 15 is 0 Å². The second-order valence-corrected chi connectivity index (χ2v) is 7.06. The highest BCUT2D eigenvalue weighted by Crippen LogP contribution is 2.38. The van der Waals surface area contributed by atoms with Crippen molar-refractivity contribution in [1.82, 2.24) is 24.5 Å². The number of fused-ring (bicyclic) bond motifs is 1. The average molecular weight is 399 g/mol. The molecule has 0 unspecified atom stereocenters. The van der Waals surface area contributed by atoms with Gasteiger partial charge in [-0.2, -0.15) is 23.4 Å². The zero-order chi connectivity index (χ0) is 20.8. The van der Waals surface area contributed by atoms with Gasteiger partial charge in [0.05, 0.1) is 35.1 Å². The molecule has 0 radical (unpaired) electrons. The highest BCUT2D eigenvalue weighted by Gasteiger charge is 2.35. The molecule has 0 aliphatic heterocycles. The van der Waals surface area contributed by atoms with Gasteiger partial charge in [-0.25, -0.2) is 9.67 Å². The minimum atomic E-state index is -4.51. The van der Waals surface area contributed by atoms with Crippen LogP contribution in [-0.4, -0.2) is 24.5 Å². The molecular weight excluding hydrogens is 379 g/mol. The minimum absolute atomic E-state index is 0.0382. The van der Waals surface area contributed by atoms with Crippen LogP contribution in [0.25, 0.3) is 22.3 Å². The van der Waals surface area contributed by atoms with Crippen molar-refractivity contribution in [3.8, 4) is 11.3 Å². The Morgan fingerprint density at radius 2 is 1.79 bits per heavy atom. The van der Waals surface area contributed by atoms with Gasteiger partial charge in [0.15, 0.2) is 5.65 Å². The lowest BCUT2D eigenvalue weighted by atomic mass is 10.1. The molecule has 0 aliphatic carbocycles. The third kappa shape index (κ3) is 3.62. The third-order valence-corrected chi connectivity index (χ3v) is 4.89. The molecule has 0 bridgehead atoms. The fourth-order valence-corrected chi connectivity index (χ4v) is 3.37. The van der Waals surface area contributed by atoms with Gasteiger partial charge in [-0.05, 0) is 32.4 Å². The van der Waals surface area contributed by atoms with E-state index in [1.54, 1.807) is 17.8 Å². The maximum absolute atomic E-state index is 13.9. The Bertz CT molecular complexity index is 1170. The maximum Gasteiger partial charge on any atom is 0.417 e. The van der Waals surface area contributed by atoms with E-state index in [1.165, 1.54) is 10.9 Å². The molecule has 1 aromatic carbocycles. The summed E-state index contributed by atoms with van der Waals surface area (Å²) >= 11 is 0. The molecule has 0 spiro atoms. The van der Waals surface area contributed by atoms with E-state index in [9.17, 15) is 13.2 Å². The van der Waals surface area contributed by atoms with Crippen LogP contribution in [0.5, 0.6) is 0 Å².